The molecule has 0 unspecified atom stereocenters. The van der Waals surface area contributed by atoms with Crippen molar-refractivity contribution in [3.8, 4) is 5.75 Å². The highest BCUT2D eigenvalue weighted by Gasteiger charge is 2.20. The number of benzene rings is 1. The number of aromatic nitrogens is 3. The molecule has 21 heavy (non-hydrogen) atoms. The lowest BCUT2D eigenvalue weighted by molar-refractivity contribution is 0.0694. The molecular formula is C14H18N4O3. The highest BCUT2D eigenvalue weighted by atomic mass is 16.5. The minimum Gasteiger partial charge on any atom is -0.496 e. The molecule has 2 N–H and O–H groups in total. The Morgan fingerprint density at radius 2 is 2.19 bits per heavy atom. The number of aliphatic hydroxyl groups is 1. The van der Waals surface area contributed by atoms with Gasteiger partial charge in [-0.2, -0.15) is 0 Å². The first-order chi connectivity index (χ1) is 10.2. The molecule has 0 aliphatic rings. The van der Waals surface area contributed by atoms with E-state index in [9.17, 15) is 4.79 Å². The molecule has 112 valence electrons. The standard InChI is InChI=1S/C14H18N4O3/c1-10-15-13(17-16-10)14(20)18(7-8-19)9-11-5-3-4-6-12(11)21-2/h3-6,19H,7-9H2,1-2H3,(H,15,16,17). The van der Waals surface area contributed by atoms with E-state index < -0.39 is 0 Å². The Kier molecular flexibility index (Phi) is 4.89. The van der Waals surface area contributed by atoms with E-state index >= 15 is 0 Å². The fourth-order valence-corrected chi connectivity index (χ4v) is 1.99. The summed E-state index contributed by atoms with van der Waals surface area (Å²) in [5.41, 5.74) is 0.856. The molecule has 0 radical (unpaired) electrons. The van der Waals surface area contributed by atoms with Gasteiger partial charge in [0.2, 0.25) is 5.82 Å². The second-order valence-corrected chi connectivity index (χ2v) is 4.51. The number of amides is 1. The number of para-hydroxylation sites is 1. The van der Waals surface area contributed by atoms with Gasteiger partial charge in [0.05, 0.1) is 13.7 Å². The number of methoxy groups -OCH3 is 1. The summed E-state index contributed by atoms with van der Waals surface area (Å²) in [7, 11) is 1.58. The average molecular weight is 290 g/mol. The van der Waals surface area contributed by atoms with Crippen LogP contribution < -0.4 is 4.74 Å². The zero-order valence-corrected chi connectivity index (χ0v) is 12.0. The molecule has 0 spiro atoms. The van der Waals surface area contributed by atoms with E-state index in [2.05, 4.69) is 15.2 Å². The lowest BCUT2D eigenvalue weighted by Crippen LogP contribution is -2.34. The second kappa shape index (κ2) is 6.85. The quantitative estimate of drug-likeness (QED) is 0.819. The Balaban J connectivity index is 2.21. The first-order valence-corrected chi connectivity index (χ1v) is 6.56. The van der Waals surface area contributed by atoms with Gasteiger partial charge in [-0.25, -0.2) is 4.98 Å². The number of nitrogens with one attached hydrogen (secondary N) is 1. The molecule has 2 rings (SSSR count). The van der Waals surface area contributed by atoms with Gasteiger partial charge in [0.25, 0.3) is 5.91 Å². The van der Waals surface area contributed by atoms with Crippen molar-refractivity contribution in [2.24, 2.45) is 0 Å². The van der Waals surface area contributed by atoms with Crippen LogP contribution in [0, 0.1) is 6.92 Å². The molecule has 0 saturated heterocycles. The molecule has 0 fully saturated rings. The number of hydrogen-bond acceptors (Lipinski definition) is 5. The number of carbonyl (C=O) groups excluding carboxylic acids is 1. The Labute approximate surface area is 122 Å². The van der Waals surface area contributed by atoms with Gasteiger partial charge in [-0.3, -0.25) is 9.89 Å². The summed E-state index contributed by atoms with van der Waals surface area (Å²) in [6, 6.07) is 7.43. The van der Waals surface area contributed by atoms with Crippen LogP contribution >= 0.6 is 0 Å². The fourth-order valence-electron chi connectivity index (χ4n) is 1.99. The first kappa shape index (κ1) is 15.0. The minimum atomic E-state index is -0.334. The number of carbonyl (C=O) groups is 1. The van der Waals surface area contributed by atoms with Crippen molar-refractivity contribution in [3.63, 3.8) is 0 Å². The first-order valence-electron chi connectivity index (χ1n) is 6.56. The topological polar surface area (TPSA) is 91.3 Å². The molecule has 0 atom stereocenters. The molecule has 0 saturated carbocycles. The van der Waals surface area contributed by atoms with Gasteiger partial charge in [0.15, 0.2) is 0 Å². The van der Waals surface area contributed by atoms with Crippen molar-refractivity contribution in [3.05, 3.63) is 41.5 Å². The third kappa shape index (κ3) is 3.57. The molecule has 0 bridgehead atoms. The molecule has 0 aliphatic heterocycles. The van der Waals surface area contributed by atoms with Gasteiger partial charge in [0, 0.05) is 18.7 Å². The van der Waals surface area contributed by atoms with Gasteiger partial charge >= 0.3 is 0 Å². The number of ether oxygens (including phenoxy) is 1. The van der Waals surface area contributed by atoms with E-state index in [1.165, 1.54) is 4.90 Å². The van der Waals surface area contributed by atoms with E-state index in [0.717, 1.165) is 5.56 Å². The summed E-state index contributed by atoms with van der Waals surface area (Å²) in [4.78, 5) is 17.9. The molecule has 2 aromatic rings. The van der Waals surface area contributed by atoms with Crippen LogP contribution in [0.3, 0.4) is 0 Å². The monoisotopic (exact) mass is 290 g/mol. The zero-order chi connectivity index (χ0) is 15.2. The van der Waals surface area contributed by atoms with Gasteiger partial charge in [-0.15, -0.1) is 5.10 Å². The van der Waals surface area contributed by atoms with E-state index in [1.807, 2.05) is 24.3 Å². The summed E-state index contributed by atoms with van der Waals surface area (Å²) in [5.74, 6) is 1.02. The summed E-state index contributed by atoms with van der Waals surface area (Å²) in [6.45, 7) is 2.10. The Bertz CT molecular complexity index is 612. The third-order valence-electron chi connectivity index (χ3n) is 3.00. The Hall–Kier alpha value is -2.41. The van der Waals surface area contributed by atoms with Crippen molar-refractivity contribution in [2.75, 3.05) is 20.3 Å². The molecule has 7 heteroatoms. The second-order valence-electron chi connectivity index (χ2n) is 4.51. The molecule has 1 aromatic heterocycles. The van der Waals surface area contributed by atoms with Crippen molar-refractivity contribution < 1.29 is 14.6 Å². The smallest absolute Gasteiger partial charge is 0.293 e. The number of rotatable bonds is 6. The Morgan fingerprint density at radius 1 is 1.43 bits per heavy atom. The average Bonchev–Trinajstić information content (AvgIpc) is 2.93. The van der Waals surface area contributed by atoms with Crippen LogP contribution in [0.25, 0.3) is 0 Å². The maximum absolute atomic E-state index is 12.4. The predicted octanol–water partition coefficient (Wildman–Crippen LogP) is 0.756. The number of H-pyrrole nitrogens is 1. The SMILES string of the molecule is COc1ccccc1CN(CCO)C(=O)c1n[nH]c(C)n1. The van der Waals surface area contributed by atoms with Crippen LogP contribution in [-0.4, -0.2) is 51.4 Å². The zero-order valence-electron chi connectivity index (χ0n) is 12.0. The summed E-state index contributed by atoms with van der Waals surface area (Å²) in [6.07, 6.45) is 0. The molecular weight excluding hydrogens is 272 g/mol. The largest absolute Gasteiger partial charge is 0.496 e. The molecule has 1 heterocycles. The van der Waals surface area contributed by atoms with Crippen LogP contribution in [-0.2, 0) is 6.54 Å². The third-order valence-corrected chi connectivity index (χ3v) is 3.00. The number of aromatic amines is 1. The fraction of sp³-hybridized carbons (Fsp3) is 0.357. The van der Waals surface area contributed by atoms with Gasteiger partial charge in [-0.1, -0.05) is 18.2 Å². The summed E-state index contributed by atoms with van der Waals surface area (Å²) in [5, 5.41) is 15.7. The van der Waals surface area contributed by atoms with Gasteiger partial charge in [0.1, 0.15) is 11.6 Å². The van der Waals surface area contributed by atoms with Gasteiger partial charge < -0.3 is 14.7 Å². The van der Waals surface area contributed by atoms with Crippen LogP contribution in [0.5, 0.6) is 5.75 Å². The van der Waals surface area contributed by atoms with Crippen LogP contribution in [0.2, 0.25) is 0 Å². The molecule has 1 amide bonds. The lowest BCUT2D eigenvalue weighted by Gasteiger charge is -2.21. The highest BCUT2D eigenvalue weighted by Crippen LogP contribution is 2.19. The number of aliphatic hydroxyl groups excluding tert-OH is 1. The van der Waals surface area contributed by atoms with Crippen molar-refractivity contribution in [1.82, 2.24) is 20.1 Å². The molecule has 7 nitrogen and oxygen atoms in total. The number of aryl methyl sites for hydroxylation is 1. The van der Waals surface area contributed by atoms with E-state index in [0.29, 0.717) is 18.1 Å². The van der Waals surface area contributed by atoms with E-state index in [-0.39, 0.29) is 24.9 Å². The number of hydrogen-bond donors (Lipinski definition) is 2. The normalized spacial score (nSPS) is 10.4. The van der Waals surface area contributed by atoms with Gasteiger partial charge in [-0.05, 0) is 13.0 Å². The van der Waals surface area contributed by atoms with E-state index in [4.69, 9.17) is 9.84 Å². The minimum absolute atomic E-state index is 0.0934. The number of nitrogens with zero attached hydrogens (tertiary/aromatic N) is 3. The summed E-state index contributed by atoms with van der Waals surface area (Å²) >= 11 is 0. The van der Waals surface area contributed by atoms with Crippen LogP contribution in [0.15, 0.2) is 24.3 Å². The maximum atomic E-state index is 12.4. The molecule has 0 aliphatic carbocycles. The predicted molar refractivity (Wildman–Crippen MR) is 75.9 cm³/mol. The van der Waals surface area contributed by atoms with E-state index in [1.54, 1.807) is 14.0 Å². The van der Waals surface area contributed by atoms with Crippen molar-refractivity contribution in [2.45, 2.75) is 13.5 Å². The Morgan fingerprint density at radius 3 is 2.81 bits per heavy atom. The maximum Gasteiger partial charge on any atom is 0.293 e. The summed E-state index contributed by atoms with van der Waals surface area (Å²) < 4.78 is 5.28. The van der Waals surface area contributed by atoms with Crippen molar-refractivity contribution >= 4 is 5.91 Å². The van der Waals surface area contributed by atoms with Crippen LogP contribution in [0.1, 0.15) is 22.0 Å². The lowest BCUT2D eigenvalue weighted by atomic mass is 10.2. The molecule has 1 aromatic carbocycles. The van der Waals surface area contributed by atoms with Crippen LogP contribution in [0.4, 0.5) is 0 Å². The highest BCUT2D eigenvalue weighted by molar-refractivity contribution is 5.90. The van der Waals surface area contributed by atoms with Crippen molar-refractivity contribution in [1.29, 1.82) is 0 Å².